The largest absolute Gasteiger partial charge is 0.323 e. The Hall–Kier alpha value is -2.92. The van der Waals surface area contributed by atoms with Crippen LogP contribution >= 0.6 is 0 Å². The standard InChI is InChI=1S/C20H17NO3S/c1-25(23,24)18-12-10-17(11-13-18)21-20(22)14-9-16-7-4-6-15-5-2-3-8-19(15)16/h2-14H,1H3,(H,21,22). The fraction of sp³-hybridized carbons (Fsp3) is 0.0500. The minimum Gasteiger partial charge on any atom is -0.323 e. The zero-order valence-corrected chi connectivity index (χ0v) is 14.5. The molecule has 0 heterocycles. The van der Waals surface area contributed by atoms with E-state index in [0.717, 1.165) is 22.6 Å². The summed E-state index contributed by atoms with van der Waals surface area (Å²) in [4.78, 5) is 12.3. The lowest BCUT2D eigenvalue weighted by Crippen LogP contribution is -2.08. The molecule has 126 valence electrons. The van der Waals surface area contributed by atoms with Gasteiger partial charge in [0.25, 0.3) is 0 Å². The molecule has 1 amide bonds. The molecule has 4 nitrogen and oxygen atoms in total. The van der Waals surface area contributed by atoms with Gasteiger partial charge < -0.3 is 5.32 Å². The number of anilines is 1. The first-order valence-electron chi connectivity index (χ1n) is 7.70. The molecule has 0 aliphatic heterocycles. The molecule has 3 aromatic rings. The van der Waals surface area contributed by atoms with Crippen LogP contribution in [0.25, 0.3) is 16.8 Å². The second-order valence-electron chi connectivity index (χ2n) is 5.69. The van der Waals surface area contributed by atoms with Crippen molar-refractivity contribution in [2.24, 2.45) is 0 Å². The maximum absolute atomic E-state index is 12.1. The molecular weight excluding hydrogens is 334 g/mol. The molecule has 0 bridgehead atoms. The van der Waals surface area contributed by atoms with E-state index in [-0.39, 0.29) is 10.8 Å². The molecule has 0 atom stereocenters. The van der Waals surface area contributed by atoms with Crippen LogP contribution in [0.5, 0.6) is 0 Å². The predicted octanol–water partition coefficient (Wildman–Crippen LogP) is 3.90. The van der Waals surface area contributed by atoms with Crippen LogP contribution in [0.1, 0.15) is 5.56 Å². The number of fused-ring (bicyclic) bond motifs is 1. The molecule has 0 unspecified atom stereocenters. The highest BCUT2D eigenvalue weighted by molar-refractivity contribution is 7.90. The third-order valence-electron chi connectivity index (χ3n) is 3.79. The van der Waals surface area contributed by atoms with Crippen LogP contribution in [-0.2, 0) is 14.6 Å². The van der Waals surface area contributed by atoms with E-state index in [1.54, 1.807) is 18.2 Å². The number of sulfone groups is 1. The summed E-state index contributed by atoms with van der Waals surface area (Å²) in [5.41, 5.74) is 1.50. The van der Waals surface area contributed by atoms with Crippen LogP contribution in [0.3, 0.4) is 0 Å². The molecule has 0 aromatic heterocycles. The van der Waals surface area contributed by atoms with E-state index in [4.69, 9.17) is 0 Å². The van der Waals surface area contributed by atoms with Crippen molar-refractivity contribution in [3.05, 3.63) is 78.4 Å². The van der Waals surface area contributed by atoms with Gasteiger partial charge in [0.1, 0.15) is 0 Å². The minimum atomic E-state index is -3.24. The number of amides is 1. The maximum Gasteiger partial charge on any atom is 0.248 e. The maximum atomic E-state index is 12.1. The zero-order valence-electron chi connectivity index (χ0n) is 13.6. The second kappa shape index (κ2) is 6.91. The SMILES string of the molecule is CS(=O)(=O)c1ccc(NC(=O)C=Cc2cccc3ccccc23)cc1. The highest BCUT2D eigenvalue weighted by Gasteiger charge is 2.06. The van der Waals surface area contributed by atoms with Crippen molar-refractivity contribution in [2.75, 3.05) is 11.6 Å². The molecule has 5 heteroatoms. The zero-order chi connectivity index (χ0) is 17.9. The molecule has 0 radical (unpaired) electrons. The van der Waals surface area contributed by atoms with Crippen LogP contribution in [0.4, 0.5) is 5.69 Å². The van der Waals surface area contributed by atoms with E-state index in [1.807, 2.05) is 42.5 Å². The van der Waals surface area contributed by atoms with Gasteiger partial charge in [-0.15, -0.1) is 0 Å². The first-order valence-corrected chi connectivity index (χ1v) is 9.59. The number of nitrogens with one attached hydrogen (secondary N) is 1. The van der Waals surface area contributed by atoms with E-state index >= 15 is 0 Å². The molecule has 0 saturated carbocycles. The number of carbonyl (C=O) groups excluding carboxylic acids is 1. The Morgan fingerprint density at radius 2 is 1.60 bits per heavy atom. The summed E-state index contributed by atoms with van der Waals surface area (Å²) >= 11 is 0. The van der Waals surface area contributed by atoms with E-state index in [2.05, 4.69) is 5.32 Å². The van der Waals surface area contributed by atoms with Crippen molar-refractivity contribution >= 4 is 38.3 Å². The minimum absolute atomic E-state index is 0.219. The summed E-state index contributed by atoms with van der Waals surface area (Å²) in [5.74, 6) is -0.278. The molecule has 0 aliphatic carbocycles. The lowest BCUT2D eigenvalue weighted by Gasteiger charge is -2.04. The molecule has 25 heavy (non-hydrogen) atoms. The van der Waals surface area contributed by atoms with Crippen LogP contribution in [0.2, 0.25) is 0 Å². The van der Waals surface area contributed by atoms with Crippen molar-refractivity contribution in [3.63, 3.8) is 0 Å². The summed E-state index contributed by atoms with van der Waals surface area (Å²) in [7, 11) is -3.24. The highest BCUT2D eigenvalue weighted by atomic mass is 32.2. The van der Waals surface area contributed by atoms with Crippen LogP contribution in [-0.4, -0.2) is 20.6 Å². The quantitative estimate of drug-likeness (QED) is 0.725. The average molecular weight is 351 g/mol. The molecule has 3 aromatic carbocycles. The van der Waals surface area contributed by atoms with Crippen LogP contribution < -0.4 is 5.32 Å². The van der Waals surface area contributed by atoms with Gasteiger partial charge >= 0.3 is 0 Å². The highest BCUT2D eigenvalue weighted by Crippen LogP contribution is 2.20. The van der Waals surface area contributed by atoms with Gasteiger partial charge in [0.05, 0.1) is 4.90 Å². The number of hydrogen-bond donors (Lipinski definition) is 1. The van der Waals surface area contributed by atoms with E-state index < -0.39 is 9.84 Å². The Bertz CT molecular complexity index is 1050. The Morgan fingerprint density at radius 1 is 0.920 bits per heavy atom. The van der Waals surface area contributed by atoms with Gasteiger partial charge in [0.2, 0.25) is 5.91 Å². The summed E-state index contributed by atoms with van der Waals surface area (Å²) in [6.45, 7) is 0. The number of carbonyl (C=O) groups is 1. The predicted molar refractivity (Wildman–Crippen MR) is 101 cm³/mol. The van der Waals surface area contributed by atoms with Crippen LogP contribution in [0, 0.1) is 0 Å². The smallest absolute Gasteiger partial charge is 0.248 e. The number of benzene rings is 3. The Morgan fingerprint density at radius 3 is 2.32 bits per heavy atom. The third kappa shape index (κ3) is 4.14. The lowest BCUT2D eigenvalue weighted by atomic mass is 10.0. The van der Waals surface area contributed by atoms with E-state index in [9.17, 15) is 13.2 Å². The summed E-state index contributed by atoms with van der Waals surface area (Å²) in [6.07, 6.45) is 4.38. The molecule has 0 saturated heterocycles. The normalized spacial score (nSPS) is 11.7. The monoisotopic (exact) mass is 351 g/mol. The summed E-state index contributed by atoms with van der Waals surface area (Å²) < 4.78 is 22.9. The topological polar surface area (TPSA) is 63.2 Å². The summed E-state index contributed by atoms with van der Waals surface area (Å²) in [5, 5.41) is 4.91. The molecular formula is C20H17NO3S. The Balaban J connectivity index is 1.75. The summed E-state index contributed by atoms with van der Waals surface area (Å²) in [6, 6.07) is 20.0. The fourth-order valence-electron chi connectivity index (χ4n) is 2.53. The van der Waals surface area contributed by atoms with Gasteiger partial charge in [-0.25, -0.2) is 8.42 Å². The van der Waals surface area contributed by atoms with Crippen molar-refractivity contribution < 1.29 is 13.2 Å². The lowest BCUT2D eigenvalue weighted by molar-refractivity contribution is -0.111. The van der Waals surface area contributed by atoms with Gasteiger partial charge in [-0.2, -0.15) is 0 Å². The third-order valence-corrected chi connectivity index (χ3v) is 4.92. The Kier molecular flexibility index (Phi) is 4.67. The first kappa shape index (κ1) is 16.9. The van der Waals surface area contributed by atoms with Crippen molar-refractivity contribution in [1.82, 2.24) is 0 Å². The molecule has 3 rings (SSSR count). The average Bonchev–Trinajstić information content (AvgIpc) is 2.59. The van der Waals surface area contributed by atoms with Gasteiger partial charge in [-0.3, -0.25) is 4.79 Å². The number of rotatable bonds is 4. The van der Waals surface area contributed by atoms with Gasteiger partial charge in [-0.1, -0.05) is 42.5 Å². The number of hydrogen-bond acceptors (Lipinski definition) is 3. The molecule has 0 spiro atoms. The first-order chi connectivity index (χ1) is 11.9. The van der Waals surface area contributed by atoms with Gasteiger partial charge in [-0.05, 0) is 46.7 Å². The van der Waals surface area contributed by atoms with Gasteiger partial charge in [0.15, 0.2) is 9.84 Å². The molecule has 1 N–H and O–H groups in total. The molecule has 0 fully saturated rings. The second-order valence-corrected chi connectivity index (χ2v) is 7.70. The Labute approximate surface area is 146 Å². The van der Waals surface area contributed by atoms with Crippen molar-refractivity contribution in [1.29, 1.82) is 0 Å². The van der Waals surface area contributed by atoms with E-state index in [1.165, 1.54) is 18.2 Å². The van der Waals surface area contributed by atoms with Gasteiger partial charge in [0, 0.05) is 18.0 Å². The van der Waals surface area contributed by atoms with E-state index in [0.29, 0.717) is 5.69 Å². The van der Waals surface area contributed by atoms with Crippen molar-refractivity contribution in [2.45, 2.75) is 4.90 Å². The molecule has 0 aliphatic rings. The van der Waals surface area contributed by atoms with Crippen molar-refractivity contribution in [3.8, 4) is 0 Å². The van der Waals surface area contributed by atoms with Crippen LogP contribution in [0.15, 0.2) is 77.7 Å². The fourth-order valence-corrected chi connectivity index (χ4v) is 3.16.